The highest BCUT2D eigenvalue weighted by atomic mass is 79.9. The number of nitrogens with one attached hydrogen (secondary N) is 2. The number of carbonyl (C=O) groups is 2. The van der Waals surface area contributed by atoms with Crippen molar-refractivity contribution >= 4 is 44.3 Å². The van der Waals surface area contributed by atoms with Crippen LogP contribution in [-0.4, -0.2) is 33.1 Å². The van der Waals surface area contributed by atoms with Crippen molar-refractivity contribution in [3.8, 4) is 0 Å². The fourth-order valence-corrected chi connectivity index (χ4v) is 4.49. The zero-order chi connectivity index (χ0) is 29.4. The Morgan fingerprint density at radius 3 is 2.27 bits per heavy atom. The molecule has 2 N–H and O–H groups in total. The minimum absolute atomic E-state index is 0.0276. The number of fused-ring (bicyclic) bond motifs is 1. The van der Waals surface area contributed by atoms with Crippen LogP contribution in [0.5, 0.6) is 0 Å². The number of hydrogen-bond acceptors (Lipinski definition) is 4. The van der Waals surface area contributed by atoms with Crippen molar-refractivity contribution in [1.82, 2.24) is 20.1 Å². The van der Waals surface area contributed by atoms with Crippen LogP contribution in [0.25, 0.3) is 10.9 Å². The zero-order valence-corrected chi connectivity index (χ0v) is 24.3. The number of alkyl halides is 3. The predicted octanol–water partition coefficient (Wildman–Crippen LogP) is 6.91. The maximum absolute atomic E-state index is 13.5. The number of rotatable bonds is 6. The Balaban J connectivity index is 1.56. The molecule has 210 valence electrons. The normalized spacial score (nSPS) is 12.0. The Kier molecular flexibility index (Phi) is 8.07. The summed E-state index contributed by atoms with van der Waals surface area (Å²) in [6.45, 7) is 10.5. The van der Waals surface area contributed by atoms with Gasteiger partial charge in [-0.15, -0.1) is 0 Å². The lowest BCUT2D eigenvalue weighted by atomic mass is 9.97. The van der Waals surface area contributed by atoms with Gasteiger partial charge in [0.2, 0.25) is 0 Å². The highest BCUT2D eigenvalue weighted by Gasteiger charge is 2.34. The lowest BCUT2D eigenvalue weighted by Crippen LogP contribution is -2.32. The molecule has 2 aromatic carbocycles. The summed E-state index contributed by atoms with van der Waals surface area (Å²) < 4.78 is 42.9. The van der Waals surface area contributed by atoms with E-state index in [9.17, 15) is 22.8 Å². The molecule has 7 nitrogen and oxygen atoms in total. The van der Waals surface area contributed by atoms with E-state index in [1.54, 1.807) is 42.8 Å². The highest BCUT2D eigenvalue weighted by molar-refractivity contribution is 9.10. The molecule has 2 aromatic heterocycles. The molecular formula is C29H29BrF3N5O2. The van der Waals surface area contributed by atoms with Crippen LogP contribution in [0, 0.1) is 19.3 Å². The van der Waals surface area contributed by atoms with E-state index in [1.165, 1.54) is 6.07 Å². The molecule has 0 aliphatic rings. The first-order valence-electron chi connectivity index (χ1n) is 12.5. The summed E-state index contributed by atoms with van der Waals surface area (Å²) in [5.41, 5.74) is 1.73. The molecule has 2 heterocycles. The van der Waals surface area contributed by atoms with E-state index in [0.717, 1.165) is 11.6 Å². The molecule has 0 bridgehead atoms. The van der Waals surface area contributed by atoms with Gasteiger partial charge in [0, 0.05) is 22.0 Å². The van der Waals surface area contributed by atoms with E-state index in [0.29, 0.717) is 40.2 Å². The first-order chi connectivity index (χ1) is 18.6. The van der Waals surface area contributed by atoms with Crippen LogP contribution in [0.1, 0.15) is 64.1 Å². The average molecular weight is 616 g/mol. The molecule has 0 fully saturated rings. The fraction of sp³-hybridized carbons (Fsp3) is 0.310. The van der Waals surface area contributed by atoms with Crippen molar-refractivity contribution in [3.05, 3.63) is 86.8 Å². The van der Waals surface area contributed by atoms with Crippen molar-refractivity contribution in [1.29, 1.82) is 0 Å². The number of aryl methyl sites for hydroxylation is 1. The minimum Gasteiger partial charge on any atom is -0.352 e. The number of aromatic nitrogens is 3. The lowest BCUT2D eigenvalue weighted by Gasteiger charge is -2.18. The van der Waals surface area contributed by atoms with Crippen molar-refractivity contribution in [2.75, 3.05) is 11.9 Å². The van der Waals surface area contributed by atoms with Gasteiger partial charge in [-0.05, 0) is 61.2 Å². The van der Waals surface area contributed by atoms with E-state index in [4.69, 9.17) is 0 Å². The predicted molar refractivity (Wildman–Crippen MR) is 151 cm³/mol. The summed E-state index contributed by atoms with van der Waals surface area (Å²) >= 11 is 3.31. The van der Waals surface area contributed by atoms with Gasteiger partial charge in [-0.3, -0.25) is 14.3 Å². The minimum atomic E-state index is -4.71. The second-order valence-corrected chi connectivity index (χ2v) is 11.7. The molecule has 4 rings (SSSR count). The summed E-state index contributed by atoms with van der Waals surface area (Å²) in [6.07, 6.45) is -4.71. The third-order valence-corrected chi connectivity index (χ3v) is 6.75. The fourth-order valence-electron chi connectivity index (χ4n) is 4.13. The standard InChI is InChI=1S/C29H29BrF3N5O2/c1-16-25(36-27(40)22-13-24(29(31,32)33)35-23-11-10-20(30)12-21(22)23)17(2)38(37-16)14-18-6-8-19(9-7-18)26(39)34-15-28(3,4)5/h6-13H,14-15H2,1-5H3,(H,34,39)(H,36,40). The zero-order valence-electron chi connectivity index (χ0n) is 22.7. The topological polar surface area (TPSA) is 88.9 Å². The van der Waals surface area contributed by atoms with Crippen molar-refractivity contribution in [2.45, 2.75) is 47.3 Å². The van der Waals surface area contributed by atoms with Crippen molar-refractivity contribution < 1.29 is 22.8 Å². The SMILES string of the molecule is Cc1nn(Cc2ccc(C(=O)NCC(C)(C)C)cc2)c(C)c1NC(=O)c1cc(C(F)(F)F)nc2ccc(Br)cc12. The van der Waals surface area contributed by atoms with Crippen LogP contribution in [0.2, 0.25) is 0 Å². The Labute approximate surface area is 238 Å². The van der Waals surface area contributed by atoms with Crippen LogP contribution in [0.4, 0.5) is 18.9 Å². The van der Waals surface area contributed by atoms with Crippen molar-refractivity contribution in [2.24, 2.45) is 5.41 Å². The van der Waals surface area contributed by atoms with E-state index in [-0.39, 0.29) is 27.8 Å². The maximum Gasteiger partial charge on any atom is 0.433 e. The number of amides is 2. The molecule has 0 aliphatic heterocycles. The smallest absolute Gasteiger partial charge is 0.352 e. The third kappa shape index (κ3) is 6.70. The molecule has 4 aromatic rings. The third-order valence-electron chi connectivity index (χ3n) is 6.25. The van der Waals surface area contributed by atoms with Crippen LogP contribution in [-0.2, 0) is 12.7 Å². The monoisotopic (exact) mass is 615 g/mol. The summed E-state index contributed by atoms with van der Waals surface area (Å²) in [5.74, 6) is -0.852. The van der Waals surface area contributed by atoms with Gasteiger partial charge in [0.05, 0.1) is 34.7 Å². The Morgan fingerprint density at radius 2 is 1.65 bits per heavy atom. The number of halogens is 4. The van der Waals surface area contributed by atoms with Crippen LogP contribution < -0.4 is 10.6 Å². The number of carbonyl (C=O) groups excluding carboxylic acids is 2. The molecule has 0 saturated carbocycles. The molecule has 0 radical (unpaired) electrons. The van der Waals surface area contributed by atoms with Crippen LogP contribution in [0.3, 0.4) is 0 Å². The quantitative estimate of drug-likeness (QED) is 0.247. The van der Waals surface area contributed by atoms with E-state index in [1.807, 2.05) is 32.9 Å². The van der Waals surface area contributed by atoms with Gasteiger partial charge in [0.1, 0.15) is 5.69 Å². The van der Waals surface area contributed by atoms with Gasteiger partial charge in [0.25, 0.3) is 11.8 Å². The molecule has 0 spiro atoms. The molecule has 0 atom stereocenters. The summed E-state index contributed by atoms with van der Waals surface area (Å²) in [6, 6.07) is 12.5. The van der Waals surface area contributed by atoms with Gasteiger partial charge >= 0.3 is 6.18 Å². The summed E-state index contributed by atoms with van der Waals surface area (Å²) in [7, 11) is 0. The number of hydrogen-bond donors (Lipinski definition) is 2. The van der Waals surface area contributed by atoms with Gasteiger partial charge < -0.3 is 10.6 Å². The van der Waals surface area contributed by atoms with Crippen LogP contribution in [0.15, 0.2) is 53.0 Å². The Morgan fingerprint density at radius 1 is 0.975 bits per heavy atom. The van der Waals surface area contributed by atoms with E-state index >= 15 is 0 Å². The Hall–Kier alpha value is -3.73. The van der Waals surface area contributed by atoms with Gasteiger partial charge in [0.15, 0.2) is 0 Å². The Bertz CT molecular complexity index is 1590. The number of nitrogens with zero attached hydrogens (tertiary/aromatic N) is 3. The lowest BCUT2D eigenvalue weighted by molar-refractivity contribution is -0.141. The van der Waals surface area contributed by atoms with Crippen molar-refractivity contribution in [3.63, 3.8) is 0 Å². The molecule has 11 heteroatoms. The highest BCUT2D eigenvalue weighted by Crippen LogP contribution is 2.32. The van der Waals surface area contributed by atoms with E-state index in [2.05, 4.69) is 36.6 Å². The van der Waals surface area contributed by atoms with Crippen LogP contribution >= 0.6 is 15.9 Å². The first kappa shape index (κ1) is 29.3. The largest absolute Gasteiger partial charge is 0.433 e. The molecule has 2 amide bonds. The molecule has 0 unspecified atom stereocenters. The van der Waals surface area contributed by atoms with E-state index < -0.39 is 17.8 Å². The number of pyridine rings is 1. The molecule has 0 aliphatic carbocycles. The number of benzene rings is 2. The second kappa shape index (κ2) is 11.0. The van der Waals surface area contributed by atoms with Gasteiger partial charge in [-0.2, -0.15) is 18.3 Å². The molecular weight excluding hydrogens is 587 g/mol. The molecule has 0 saturated heterocycles. The first-order valence-corrected chi connectivity index (χ1v) is 13.3. The summed E-state index contributed by atoms with van der Waals surface area (Å²) in [4.78, 5) is 29.4. The number of anilines is 1. The van der Waals surface area contributed by atoms with Gasteiger partial charge in [-0.25, -0.2) is 4.98 Å². The summed E-state index contributed by atoms with van der Waals surface area (Å²) in [5, 5.41) is 10.5. The maximum atomic E-state index is 13.5. The second-order valence-electron chi connectivity index (χ2n) is 10.8. The van der Waals surface area contributed by atoms with Gasteiger partial charge in [-0.1, -0.05) is 48.8 Å². The average Bonchev–Trinajstić information content (AvgIpc) is 3.13. The molecule has 40 heavy (non-hydrogen) atoms.